The fourth-order valence-electron chi connectivity index (χ4n) is 3.00. The van der Waals surface area contributed by atoms with Crippen LogP contribution in [0.4, 0.5) is 11.4 Å². The van der Waals surface area contributed by atoms with Gasteiger partial charge in [-0.2, -0.15) is 0 Å². The maximum atomic E-state index is 12.3. The quantitative estimate of drug-likeness (QED) is 0.506. The number of nitrogen functional groups attached to an aromatic ring is 1. The monoisotopic (exact) mass is 291 g/mol. The first-order chi connectivity index (χ1) is 10.0. The predicted molar refractivity (Wildman–Crippen MR) is 81.0 cm³/mol. The number of nitrogens with zero attached hydrogens (tertiary/aromatic N) is 1. The van der Waals surface area contributed by atoms with E-state index in [1.165, 1.54) is 24.6 Å². The highest BCUT2D eigenvalue weighted by Crippen LogP contribution is 2.27. The average Bonchev–Trinajstić information content (AvgIpc) is 2.47. The van der Waals surface area contributed by atoms with Crippen LogP contribution in [0.1, 0.15) is 49.4 Å². The summed E-state index contributed by atoms with van der Waals surface area (Å²) in [7, 11) is 0. The third-order valence-corrected chi connectivity index (χ3v) is 4.24. The van der Waals surface area contributed by atoms with Gasteiger partial charge < -0.3 is 11.1 Å². The number of nitro groups is 1. The van der Waals surface area contributed by atoms with Gasteiger partial charge in [-0.1, -0.05) is 26.2 Å². The van der Waals surface area contributed by atoms with Gasteiger partial charge in [-0.3, -0.25) is 14.9 Å². The smallest absolute Gasteiger partial charge is 0.292 e. The lowest BCUT2D eigenvalue weighted by molar-refractivity contribution is -0.383. The van der Waals surface area contributed by atoms with Crippen molar-refractivity contribution in [1.82, 2.24) is 5.32 Å². The van der Waals surface area contributed by atoms with Gasteiger partial charge in [0.15, 0.2) is 0 Å². The molecule has 0 bridgehead atoms. The van der Waals surface area contributed by atoms with E-state index in [1.807, 2.05) is 0 Å². The van der Waals surface area contributed by atoms with Crippen LogP contribution in [-0.4, -0.2) is 16.9 Å². The number of nitrogens with two attached hydrogens (primary N) is 1. The van der Waals surface area contributed by atoms with Gasteiger partial charge in [0.1, 0.15) is 5.69 Å². The maximum Gasteiger partial charge on any atom is 0.292 e. The van der Waals surface area contributed by atoms with Gasteiger partial charge in [-0.05, 0) is 30.9 Å². The highest BCUT2D eigenvalue weighted by Gasteiger charge is 2.25. The zero-order chi connectivity index (χ0) is 15.4. The van der Waals surface area contributed by atoms with Crippen molar-refractivity contribution in [1.29, 1.82) is 0 Å². The molecule has 2 rings (SSSR count). The summed E-state index contributed by atoms with van der Waals surface area (Å²) in [6.45, 7) is 2.14. The van der Waals surface area contributed by atoms with Crippen molar-refractivity contribution in [3.63, 3.8) is 0 Å². The molecular weight excluding hydrogens is 270 g/mol. The van der Waals surface area contributed by atoms with Crippen LogP contribution in [0.15, 0.2) is 18.2 Å². The number of benzene rings is 1. The lowest BCUT2D eigenvalue weighted by Gasteiger charge is -2.31. The van der Waals surface area contributed by atoms with Gasteiger partial charge in [0.2, 0.25) is 0 Å². The zero-order valence-corrected chi connectivity index (χ0v) is 12.2. The molecule has 0 heterocycles. The maximum absolute atomic E-state index is 12.3. The number of carbonyl (C=O) groups excluding carboxylic acids is 1. The third-order valence-electron chi connectivity index (χ3n) is 4.24. The Kier molecular flexibility index (Phi) is 4.77. The molecule has 2 unspecified atom stereocenters. The van der Waals surface area contributed by atoms with E-state index >= 15 is 0 Å². The molecule has 0 spiro atoms. The number of hydrogen-bond acceptors (Lipinski definition) is 4. The van der Waals surface area contributed by atoms with E-state index in [9.17, 15) is 14.9 Å². The molecule has 1 aromatic rings. The van der Waals surface area contributed by atoms with Gasteiger partial charge in [0.25, 0.3) is 11.6 Å². The van der Waals surface area contributed by atoms with Crippen molar-refractivity contribution in [2.75, 3.05) is 5.73 Å². The van der Waals surface area contributed by atoms with Gasteiger partial charge in [0.05, 0.1) is 4.92 Å². The summed E-state index contributed by atoms with van der Waals surface area (Å²) in [6, 6.07) is 4.29. The molecular formula is C15H21N3O3. The Balaban J connectivity index is 2.09. The second kappa shape index (κ2) is 6.56. The topological polar surface area (TPSA) is 98.3 Å². The molecule has 6 heteroatoms. The van der Waals surface area contributed by atoms with Crippen LogP contribution in [0.5, 0.6) is 0 Å². The number of hydrogen-bond donors (Lipinski definition) is 2. The van der Waals surface area contributed by atoms with Crippen molar-refractivity contribution in [2.24, 2.45) is 5.92 Å². The molecule has 1 aliphatic rings. The molecule has 1 saturated carbocycles. The average molecular weight is 291 g/mol. The Labute approximate surface area is 123 Å². The molecule has 2 atom stereocenters. The number of nitrogens with one attached hydrogen (secondary N) is 1. The summed E-state index contributed by atoms with van der Waals surface area (Å²) in [5.74, 6) is 0.306. The largest absolute Gasteiger partial charge is 0.393 e. The second-order valence-corrected chi connectivity index (χ2v) is 5.56. The van der Waals surface area contributed by atoms with Crippen molar-refractivity contribution in [3.05, 3.63) is 33.9 Å². The lowest BCUT2D eigenvalue weighted by Crippen LogP contribution is -2.41. The molecule has 0 radical (unpaired) electrons. The normalized spacial score (nSPS) is 21.8. The summed E-state index contributed by atoms with van der Waals surface area (Å²) in [5.41, 5.74) is 5.84. The van der Waals surface area contributed by atoms with Gasteiger partial charge in [-0.15, -0.1) is 0 Å². The third kappa shape index (κ3) is 3.51. The van der Waals surface area contributed by atoms with E-state index in [0.717, 1.165) is 25.7 Å². The number of amides is 1. The van der Waals surface area contributed by atoms with Crippen molar-refractivity contribution < 1.29 is 9.72 Å². The minimum Gasteiger partial charge on any atom is -0.393 e. The van der Waals surface area contributed by atoms with Crippen molar-refractivity contribution in [3.8, 4) is 0 Å². The minimum absolute atomic E-state index is 0.0170. The Morgan fingerprint density at radius 2 is 2.14 bits per heavy atom. The molecule has 1 amide bonds. The molecule has 0 aliphatic heterocycles. The van der Waals surface area contributed by atoms with Crippen LogP contribution in [-0.2, 0) is 0 Å². The molecule has 0 aromatic heterocycles. The highest BCUT2D eigenvalue weighted by atomic mass is 16.6. The molecule has 3 N–H and O–H groups in total. The van der Waals surface area contributed by atoms with Gasteiger partial charge in [0, 0.05) is 17.7 Å². The standard InChI is InChI=1S/C15H21N3O3/c1-2-10-5-3-4-6-13(10)17-15(19)11-7-8-14(18(20)21)12(16)9-11/h7-10,13H,2-6,16H2,1H3,(H,17,19). The first-order valence-electron chi connectivity index (χ1n) is 7.37. The Hall–Kier alpha value is -2.11. The molecule has 114 valence electrons. The summed E-state index contributed by atoms with van der Waals surface area (Å²) in [5, 5.41) is 13.8. The number of carbonyl (C=O) groups is 1. The fourth-order valence-corrected chi connectivity index (χ4v) is 3.00. The molecule has 21 heavy (non-hydrogen) atoms. The Morgan fingerprint density at radius 3 is 2.76 bits per heavy atom. The van der Waals surface area contributed by atoms with Crippen LogP contribution in [0, 0.1) is 16.0 Å². The second-order valence-electron chi connectivity index (χ2n) is 5.56. The van der Waals surface area contributed by atoms with E-state index in [-0.39, 0.29) is 23.3 Å². The summed E-state index contributed by atoms with van der Waals surface area (Å²) in [4.78, 5) is 22.4. The van der Waals surface area contributed by atoms with E-state index < -0.39 is 4.92 Å². The Bertz CT molecular complexity index is 545. The van der Waals surface area contributed by atoms with Crippen LogP contribution >= 0.6 is 0 Å². The van der Waals surface area contributed by atoms with Crippen LogP contribution < -0.4 is 11.1 Å². The van der Waals surface area contributed by atoms with Crippen LogP contribution in [0.25, 0.3) is 0 Å². The highest BCUT2D eigenvalue weighted by molar-refractivity contribution is 5.95. The number of anilines is 1. The van der Waals surface area contributed by atoms with Crippen molar-refractivity contribution in [2.45, 2.75) is 45.1 Å². The van der Waals surface area contributed by atoms with E-state index in [2.05, 4.69) is 12.2 Å². The number of rotatable bonds is 4. The van der Waals surface area contributed by atoms with Crippen LogP contribution in [0.3, 0.4) is 0 Å². The van der Waals surface area contributed by atoms with E-state index in [4.69, 9.17) is 5.73 Å². The van der Waals surface area contributed by atoms with Gasteiger partial charge in [-0.25, -0.2) is 0 Å². The Morgan fingerprint density at radius 1 is 1.43 bits per heavy atom. The number of nitro benzene ring substituents is 1. The zero-order valence-electron chi connectivity index (χ0n) is 12.2. The summed E-state index contributed by atoms with van der Waals surface area (Å²) >= 11 is 0. The SMILES string of the molecule is CCC1CCCCC1NC(=O)c1ccc([N+](=O)[O-])c(N)c1. The van der Waals surface area contributed by atoms with E-state index in [0.29, 0.717) is 11.5 Å². The first kappa shape index (κ1) is 15.3. The summed E-state index contributed by atoms with van der Waals surface area (Å²) < 4.78 is 0. The molecule has 1 aliphatic carbocycles. The summed E-state index contributed by atoms with van der Waals surface area (Å²) in [6.07, 6.45) is 5.53. The predicted octanol–water partition coefficient (Wildman–Crippen LogP) is 2.88. The molecule has 1 aromatic carbocycles. The molecule has 1 fully saturated rings. The van der Waals surface area contributed by atoms with E-state index in [1.54, 1.807) is 0 Å². The van der Waals surface area contributed by atoms with Gasteiger partial charge >= 0.3 is 0 Å². The fraction of sp³-hybridized carbons (Fsp3) is 0.533. The lowest BCUT2D eigenvalue weighted by atomic mass is 9.83. The molecule has 6 nitrogen and oxygen atoms in total. The first-order valence-corrected chi connectivity index (χ1v) is 7.37. The van der Waals surface area contributed by atoms with Crippen LogP contribution in [0.2, 0.25) is 0 Å². The molecule has 0 saturated heterocycles. The van der Waals surface area contributed by atoms with Crippen molar-refractivity contribution >= 4 is 17.3 Å². The minimum atomic E-state index is -0.550.